The molecule has 0 fully saturated rings. The monoisotopic (exact) mass is 269 g/mol. The molecule has 1 N–H and O–H groups in total. The molecular weight excluding hydrogens is 242 g/mol. The number of hydrogen-bond donors (Lipinski definition) is 1. The first-order chi connectivity index (χ1) is 9.03. The van der Waals surface area contributed by atoms with Crippen LogP contribution in [0.1, 0.15) is 58.7 Å². The van der Waals surface area contributed by atoms with Crippen LogP contribution in [0.15, 0.2) is 4.52 Å². The Balaban J connectivity index is 2.64. The molecule has 1 unspecified atom stereocenters. The van der Waals surface area contributed by atoms with Crippen LogP contribution in [0.4, 0.5) is 0 Å². The van der Waals surface area contributed by atoms with E-state index in [2.05, 4.69) is 29.3 Å². The fourth-order valence-electron chi connectivity index (χ4n) is 1.86. The van der Waals surface area contributed by atoms with Gasteiger partial charge in [0.05, 0.1) is 0 Å². The molecule has 1 heterocycles. The van der Waals surface area contributed by atoms with E-state index in [1.807, 2.05) is 13.8 Å². The lowest BCUT2D eigenvalue weighted by Crippen LogP contribution is -2.31. The average molecular weight is 269 g/mol. The summed E-state index contributed by atoms with van der Waals surface area (Å²) in [5.41, 5.74) is -0.501. The number of hydrogen-bond acceptors (Lipinski definition) is 5. The third-order valence-electron chi connectivity index (χ3n) is 3.26. The molecule has 1 rings (SSSR count). The summed E-state index contributed by atoms with van der Waals surface area (Å²) in [6.07, 6.45) is 4.17. The van der Waals surface area contributed by atoms with Crippen LogP contribution in [-0.2, 0) is 16.8 Å². The Morgan fingerprint density at radius 3 is 2.63 bits per heavy atom. The molecular formula is C14H27N3O2. The molecule has 0 aliphatic rings. The molecule has 5 heteroatoms. The van der Waals surface area contributed by atoms with E-state index < -0.39 is 5.60 Å². The fourth-order valence-corrected chi connectivity index (χ4v) is 1.86. The number of nitrogens with zero attached hydrogens (tertiary/aromatic N) is 2. The third-order valence-corrected chi connectivity index (χ3v) is 3.26. The average Bonchev–Trinajstić information content (AvgIpc) is 2.85. The summed E-state index contributed by atoms with van der Waals surface area (Å²) in [6, 6.07) is 0.406. The predicted molar refractivity (Wildman–Crippen MR) is 75.0 cm³/mol. The summed E-state index contributed by atoms with van der Waals surface area (Å²) in [4.78, 5) is 4.44. The molecule has 19 heavy (non-hydrogen) atoms. The Bertz CT molecular complexity index is 363. The van der Waals surface area contributed by atoms with E-state index in [-0.39, 0.29) is 0 Å². The van der Waals surface area contributed by atoms with Gasteiger partial charge in [0.1, 0.15) is 5.60 Å². The highest BCUT2D eigenvalue weighted by atomic mass is 16.5. The molecule has 0 saturated heterocycles. The first-order valence-electron chi connectivity index (χ1n) is 7.15. The van der Waals surface area contributed by atoms with E-state index >= 15 is 0 Å². The Hall–Kier alpha value is -0.940. The molecule has 0 aromatic carbocycles. The lowest BCUT2D eigenvalue weighted by Gasteiger charge is -2.17. The standard InChI is InChI=1S/C14H27N3O2/c1-6-8-11(15-9-7-2)10-12-16-13(17-19-12)14(3,4)18-5/h11,15H,6-10H2,1-5H3. The summed E-state index contributed by atoms with van der Waals surface area (Å²) in [6.45, 7) is 9.24. The van der Waals surface area contributed by atoms with Crippen molar-refractivity contribution in [3.8, 4) is 0 Å². The van der Waals surface area contributed by atoms with Crippen molar-refractivity contribution in [1.29, 1.82) is 0 Å². The van der Waals surface area contributed by atoms with Crippen LogP contribution in [0, 0.1) is 0 Å². The van der Waals surface area contributed by atoms with Crippen molar-refractivity contribution in [2.75, 3.05) is 13.7 Å². The molecule has 0 radical (unpaired) electrons. The smallest absolute Gasteiger partial charge is 0.228 e. The van der Waals surface area contributed by atoms with E-state index in [4.69, 9.17) is 9.26 Å². The molecule has 0 bridgehead atoms. The summed E-state index contributed by atoms with van der Waals surface area (Å²) >= 11 is 0. The molecule has 1 aromatic rings. The van der Waals surface area contributed by atoms with Crippen molar-refractivity contribution in [1.82, 2.24) is 15.5 Å². The summed E-state index contributed by atoms with van der Waals surface area (Å²) in [5.74, 6) is 1.29. The minimum absolute atomic E-state index is 0.406. The van der Waals surface area contributed by atoms with Gasteiger partial charge in [-0.05, 0) is 33.2 Å². The van der Waals surface area contributed by atoms with E-state index in [0.29, 0.717) is 17.8 Å². The lowest BCUT2D eigenvalue weighted by atomic mass is 10.1. The van der Waals surface area contributed by atoms with Crippen LogP contribution in [0.3, 0.4) is 0 Å². The molecule has 0 saturated carbocycles. The molecule has 0 aliphatic heterocycles. The van der Waals surface area contributed by atoms with Gasteiger partial charge in [0.25, 0.3) is 0 Å². The van der Waals surface area contributed by atoms with Gasteiger partial charge < -0.3 is 14.6 Å². The maximum Gasteiger partial charge on any atom is 0.228 e. The molecule has 0 spiro atoms. The molecule has 5 nitrogen and oxygen atoms in total. The van der Waals surface area contributed by atoms with Crippen molar-refractivity contribution >= 4 is 0 Å². The van der Waals surface area contributed by atoms with E-state index in [1.165, 1.54) is 0 Å². The van der Waals surface area contributed by atoms with Gasteiger partial charge in [-0.1, -0.05) is 25.4 Å². The van der Waals surface area contributed by atoms with Crippen molar-refractivity contribution in [2.24, 2.45) is 0 Å². The highest BCUT2D eigenvalue weighted by Gasteiger charge is 2.26. The Kier molecular flexibility index (Phi) is 6.45. The van der Waals surface area contributed by atoms with E-state index in [9.17, 15) is 0 Å². The highest BCUT2D eigenvalue weighted by molar-refractivity contribution is 4.98. The second-order valence-electron chi connectivity index (χ2n) is 5.37. The number of aromatic nitrogens is 2. The second kappa shape index (κ2) is 7.60. The van der Waals surface area contributed by atoms with Crippen LogP contribution >= 0.6 is 0 Å². The highest BCUT2D eigenvalue weighted by Crippen LogP contribution is 2.20. The predicted octanol–water partition coefficient (Wildman–Crippen LogP) is 2.66. The number of nitrogens with one attached hydrogen (secondary N) is 1. The zero-order valence-corrected chi connectivity index (χ0v) is 12.8. The SMILES string of the molecule is CCCNC(CCC)Cc1nc(C(C)(C)OC)no1. The van der Waals surface area contributed by atoms with Crippen LogP contribution < -0.4 is 5.32 Å². The lowest BCUT2D eigenvalue weighted by molar-refractivity contribution is 0.00973. The van der Waals surface area contributed by atoms with E-state index in [1.54, 1.807) is 7.11 Å². The minimum Gasteiger partial charge on any atom is -0.371 e. The zero-order valence-electron chi connectivity index (χ0n) is 12.8. The molecule has 0 aliphatic carbocycles. The van der Waals surface area contributed by atoms with Gasteiger partial charge in [0.2, 0.25) is 11.7 Å². The zero-order chi connectivity index (χ0) is 14.3. The maximum atomic E-state index is 5.35. The van der Waals surface area contributed by atoms with Crippen LogP contribution in [-0.4, -0.2) is 29.8 Å². The van der Waals surface area contributed by atoms with Crippen molar-refractivity contribution in [3.63, 3.8) is 0 Å². The molecule has 110 valence electrons. The first-order valence-corrected chi connectivity index (χ1v) is 7.15. The van der Waals surface area contributed by atoms with Crippen molar-refractivity contribution in [3.05, 3.63) is 11.7 Å². The molecule has 1 atom stereocenters. The van der Waals surface area contributed by atoms with Gasteiger partial charge in [-0.3, -0.25) is 0 Å². The normalized spacial score (nSPS) is 13.7. The summed E-state index contributed by atoms with van der Waals surface area (Å²) < 4.78 is 10.7. The Morgan fingerprint density at radius 1 is 1.32 bits per heavy atom. The second-order valence-corrected chi connectivity index (χ2v) is 5.37. The van der Waals surface area contributed by atoms with Gasteiger partial charge in [-0.15, -0.1) is 0 Å². The molecule has 0 amide bonds. The van der Waals surface area contributed by atoms with Gasteiger partial charge in [-0.2, -0.15) is 4.98 Å². The van der Waals surface area contributed by atoms with Crippen molar-refractivity contribution in [2.45, 2.75) is 65.0 Å². The van der Waals surface area contributed by atoms with Gasteiger partial charge >= 0.3 is 0 Å². The topological polar surface area (TPSA) is 60.2 Å². The van der Waals surface area contributed by atoms with Gasteiger partial charge in [0, 0.05) is 19.6 Å². The Labute approximate surface area is 116 Å². The largest absolute Gasteiger partial charge is 0.371 e. The van der Waals surface area contributed by atoms with Gasteiger partial charge in [-0.25, -0.2) is 0 Å². The number of ether oxygens (including phenoxy) is 1. The van der Waals surface area contributed by atoms with E-state index in [0.717, 1.165) is 32.2 Å². The first kappa shape index (κ1) is 16.1. The number of methoxy groups -OCH3 is 1. The third kappa shape index (κ3) is 4.91. The van der Waals surface area contributed by atoms with Gasteiger partial charge in [0.15, 0.2) is 0 Å². The quantitative estimate of drug-likeness (QED) is 0.747. The van der Waals surface area contributed by atoms with Crippen LogP contribution in [0.2, 0.25) is 0 Å². The summed E-state index contributed by atoms with van der Waals surface area (Å²) in [5, 5.41) is 7.54. The summed E-state index contributed by atoms with van der Waals surface area (Å²) in [7, 11) is 1.65. The Morgan fingerprint density at radius 2 is 2.05 bits per heavy atom. The van der Waals surface area contributed by atoms with Crippen molar-refractivity contribution < 1.29 is 9.26 Å². The maximum absolute atomic E-state index is 5.35. The fraction of sp³-hybridized carbons (Fsp3) is 0.857. The number of rotatable bonds is 9. The minimum atomic E-state index is -0.501. The molecule has 1 aromatic heterocycles. The van der Waals surface area contributed by atoms with Crippen LogP contribution in [0.25, 0.3) is 0 Å². The van der Waals surface area contributed by atoms with Crippen LogP contribution in [0.5, 0.6) is 0 Å².